The first-order valence-corrected chi connectivity index (χ1v) is 9.75. The Morgan fingerprint density at radius 1 is 1.36 bits per heavy atom. The third kappa shape index (κ3) is 3.18. The van der Waals surface area contributed by atoms with Crippen LogP contribution in [0, 0.1) is 0 Å². The predicted octanol–water partition coefficient (Wildman–Crippen LogP) is 3.46. The molecule has 4 heterocycles. The molecule has 3 aromatic heterocycles. The van der Waals surface area contributed by atoms with Crippen molar-refractivity contribution in [1.82, 2.24) is 19.4 Å². The fraction of sp³-hybridized carbons (Fsp3) is 0.421. The zero-order valence-electron chi connectivity index (χ0n) is 14.4. The first-order chi connectivity index (χ1) is 12.3. The van der Waals surface area contributed by atoms with Crippen molar-refractivity contribution in [3.05, 3.63) is 46.5 Å². The number of hydrogen-bond donors (Lipinski definition) is 0. The van der Waals surface area contributed by atoms with E-state index in [4.69, 9.17) is 4.98 Å². The lowest BCUT2D eigenvalue weighted by atomic mass is 10.1. The molecule has 1 unspecified atom stereocenters. The number of amides is 1. The van der Waals surface area contributed by atoms with E-state index in [-0.39, 0.29) is 5.91 Å². The van der Waals surface area contributed by atoms with Crippen molar-refractivity contribution >= 4 is 28.4 Å². The highest BCUT2D eigenvalue weighted by Crippen LogP contribution is 2.29. The van der Waals surface area contributed by atoms with Gasteiger partial charge in [-0.2, -0.15) is 0 Å². The standard InChI is InChI=1S/C19H22N4OS/c1-2-9-23-18(21-16-6-3-8-20-19(16)23)14-7-10-22(13-14)17(24)12-15-5-4-11-25-15/h3-6,8,11,14H,2,7,9-10,12-13H2,1H3. The van der Waals surface area contributed by atoms with Gasteiger partial charge < -0.3 is 9.47 Å². The van der Waals surface area contributed by atoms with E-state index < -0.39 is 0 Å². The summed E-state index contributed by atoms with van der Waals surface area (Å²) in [6.07, 6.45) is 4.36. The Balaban J connectivity index is 1.54. The van der Waals surface area contributed by atoms with Gasteiger partial charge in [0.05, 0.1) is 6.42 Å². The molecule has 5 nitrogen and oxygen atoms in total. The predicted molar refractivity (Wildman–Crippen MR) is 99.8 cm³/mol. The van der Waals surface area contributed by atoms with Crippen LogP contribution in [0.3, 0.4) is 0 Å². The molecular formula is C19H22N4OS. The van der Waals surface area contributed by atoms with Crippen LogP contribution in [-0.2, 0) is 17.8 Å². The van der Waals surface area contributed by atoms with E-state index in [1.54, 1.807) is 11.3 Å². The molecule has 3 aromatic rings. The van der Waals surface area contributed by atoms with Crippen LogP contribution in [0.5, 0.6) is 0 Å². The molecule has 25 heavy (non-hydrogen) atoms. The number of thiophene rings is 1. The maximum Gasteiger partial charge on any atom is 0.227 e. The van der Waals surface area contributed by atoms with Crippen LogP contribution in [0.2, 0.25) is 0 Å². The van der Waals surface area contributed by atoms with Crippen LogP contribution >= 0.6 is 11.3 Å². The first kappa shape index (κ1) is 16.3. The number of imidazole rings is 1. The molecule has 1 atom stereocenters. The van der Waals surface area contributed by atoms with Crippen molar-refractivity contribution in [1.29, 1.82) is 0 Å². The van der Waals surface area contributed by atoms with Crippen LogP contribution in [-0.4, -0.2) is 38.4 Å². The molecular weight excluding hydrogens is 332 g/mol. The summed E-state index contributed by atoms with van der Waals surface area (Å²) in [6.45, 7) is 4.67. The van der Waals surface area contributed by atoms with Gasteiger partial charge in [0.15, 0.2) is 5.65 Å². The van der Waals surface area contributed by atoms with Gasteiger partial charge in [0.2, 0.25) is 5.91 Å². The van der Waals surface area contributed by atoms with Gasteiger partial charge in [0.1, 0.15) is 11.3 Å². The molecule has 1 fully saturated rings. The van der Waals surface area contributed by atoms with Gasteiger partial charge >= 0.3 is 0 Å². The lowest BCUT2D eigenvalue weighted by molar-refractivity contribution is -0.129. The van der Waals surface area contributed by atoms with Crippen molar-refractivity contribution in [3.63, 3.8) is 0 Å². The molecule has 6 heteroatoms. The zero-order chi connectivity index (χ0) is 17.2. The molecule has 1 aliphatic rings. The summed E-state index contributed by atoms with van der Waals surface area (Å²) in [7, 11) is 0. The summed E-state index contributed by atoms with van der Waals surface area (Å²) in [6, 6.07) is 7.98. The second-order valence-corrected chi connectivity index (χ2v) is 7.58. The van der Waals surface area contributed by atoms with Crippen molar-refractivity contribution < 1.29 is 4.79 Å². The Kier molecular flexibility index (Phi) is 4.53. The minimum absolute atomic E-state index is 0.223. The summed E-state index contributed by atoms with van der Waals surface area (Å²) in [5.41, 5.74) is 1.91. The van der Waals surface area contributed by atoms with E-state index in [0.717, 1.165) is 54.3 Å². The summed E-state index contributed by atoms with van der Waals surface area (Å²) in [4.78, 5) is 25.1. The van der Waals surface area contributed by atoms with Crippen LogP contribution in [0.4, 0.5) is 0 Å². The molecule has 0 spiro atoms. The third-order valence-electron chi connectivity index (χ3n) is 4.79. The van der Waals surface area contributed by atoms with Crippen LogP contribution in [0.25, 0.3) is 11.2 Å². The number of nitrogens with zero attached hydrogens (tertiary/aromatic N) is 4. The quantitative estimate of drug-likeness (QED) is 0.705. The van der Waals surface area contributed by atoms with E-state index in [1.165, 1.54) is 0 Å². The number of hydrogen-bond acceptors (Lipinski definition) is 4. The second kappa shape index (κ2) is 6.96. The summed E-state index contributed by atoms with van der Waals surface area (Å²) < 4.78 is 2.24. The van der Waals surface area contributed by atoms with E-state index in [1.807, 2.05) is 40.7 Å². The molecule has 0 bridgehead atoms. The fourth-order valence-corrected chi connectivity index (χ4v) is 4.30. The Morgan fingerprint density at radius 2 is 2.28 bits per heavy atom. The summed E-state index contributed by atoms with van der Waals surface area (Å²) in [5.74, 6) is 1.61. The number of aromatic nitrogens is 3. The number of pyridine rings is 1. The minimum atomic E-state index is 0.223. The first-order valence-electron chi connectivity index (χ1n) is 8.87. The van der Waals surface area contributed by atoms with Crippen LogP contribution in [0.15, 0.2) is 35.8 Å². The van der Waals surface area contributed by atoms with Crippen molar-refractivity contribution in [2.45, 2.75) is 38.6 Å². The van der Waals surface area contributed by atoms with Gasteiger partial charge in [-0.15, -0.1) is 11.3 Å². The van der Waals surface area contributed by atoms with E-state index in [0.29, 0.717) is 12.3 Å². The van der Waals surface area contributed by atoms with Gasteiger partial charge in [-0.25, -0.2) is 9.97 Å². The van der Waals surface area contributed by atoms with Crippen molar-refractivity contribution in [3.8, 4) is 0 Å². The zero-order valence-corrected chi connectivity index (χ0v) is 15.2. The molecule has 0 radical (unpaired) electrons. The number of aryl methyl sites for hydroxylation is 1. The minimum Gasteiger partial charge on any atom is -0.342 e. The number of rotatable bonds is 5. The second-order valence-electron chi connectivity index (χ2n) is 6.55. The Labute approximate surface area is 151 Å². The van der Waals surface area contributed by atoms with Gasteiger partial charge in [-0.1, -0.05) is 13.0 Å². The largest absolute Gasteiger partial charge is 0.342 e. The Bertz CT molecular complexity index is 871. The molecule has 1 aliphatic heterocycles. The van der Waals surface area contributed by atoms with E-state index in [2.05, 4.69) is 16.5 Å². The van der Waals surface area contributed by atoms with Crippen LogP contribution in [0.1, 0.15) is 36.4 Å². The number of carbonyl (C=O) groups excluding carboxylic acids is 1. The average Bonchev–Trinajstić information content (AvgIpc) is 3.34. The average molecular weight is 354 g/mol. The lowest BCUT2D eigenvalue weighted by Crippen LogP contribution is -2.29. The van der Waals surface area contributed by atoms with Crippen molar-refractivity contribution in [2.24, 2.45) is 0 Å². The van der Waals surface area contributed by atoms with Gasteiger partial charge in [0.25, 0.3) is 0 Å². The fourth-order valence-electron chi connectivity index (χ4n) is 3.60. The Morgan fingerprint density at radius 3 is 3.08 bits per heavy atom. The lowest BCUT2D eigenvalue weighted by Gasteiger charge is -2.16. The molecule has 1 amide bonds. The topological polar surface area (TPSA) is 51.0 Å². The monoisotopic (exact) mass is 354 g/mol. The highest BCUT2D eigenvalue weighted by Gasteiger charge is 2.31. The molecule has 130 valence electrons. The Hall–Kier alpha value is -2.21. The maximum atomic E-state index is 12.6. The van der Waals surface area contributed by atoms with Crippen molar-refractivity contribution in [2.75, 3.05) is 13.1 Å². The van der Waals surface area contributed by atoms with E-state index >= 15 is 0 Å². The molecule has 4 rings (SSSR count). The third-order valence-corrected chi connectivity index (χ3v) is 5.67. The molecule has 0 aliphatic carbocycles. The summed E-state index contributed by atoms with van der Waals surface area (Å²) >= 11 is 1.65. The van der Waals surface area contributed by atoms with Gasteiger partial charge in [-0.05, 0) is 36.4 Å². The normalized spacial score (nSPS) is 17.5. The molecule has 0 aromatic carbocycles. The molecule has 0 saturated carbocycles. The maximum absolute atomic E-state index is 12.6. The number of carbonyl (C=O) groups is 1. The van der Waals surface area contributed by atoms with Crippen LogP contribution < -0.4 is 0 Å². The SMILES string of the molecule is CCCn1c(C2CCN(C(=O)Cc3cccs3)C2)nc2cccnc21. The highest BCUT2D eigenvalue weighted by molar-refractivity contribution is 7.10. The number of fused-ring (bicyclic) bond motifs is 1. The summed E-state index contributed by atoms with van der Waals surface area (Å²) in [5, 5.41) is 2.02. The highest BCUT2D eigenvalue weighted by atomic mass is 32.1. The molecule has 1 saturated heterocycles. The smallest absolute Gasteiger partial charge is 0.227 e. The van der Waals surface area contributed by atoms with Gasteiger partial charge in [-0.3, -0.25) is 4.79 Å². The molecule has 0 N–H and O–H groups in total. The number of likely N-dealkylation sites (tertiary alicyclic amines) is 1. The van der Waals surface area contributed by atoms with Gasteiger partial charge in [0, 0.05) is 36.6 Å². The van der Waals surface area contributed by atoms with E-state index in [9.17, 15) is 4.79 Å².